The molecule has 45 heavy (non-hydrogen) atoms. The van der Waals surface area contributed by atoms with Gasteiger partial charge in [0.15, 0.2) is 0 Å². The fourth-order valence-corrected chi connectivity index (χ4v) is 7.29. The molecule has 0 unspecified atom stereocenters. The molecule has 4 N–H and O–H groups in total. The lowest BCUT2D eigenvalue weighted by Gasteiger charge is -2.48. The Hall–Kier alpha value is -3.47. The molecule has 0 saturated carbocycles. The molecule has 1 atom stereocenters. The van der Waals surface area contributed by atoms with Crippen LogP contribution in [0.2, 0.25) is 5.02 Å². The van der Waals surface area contributed by atoms with Crippen LogP contribution in [-0.4, -0.2) is 89.4 Å². The number of nitrogens with zero attached hydrogens (tertiary/aromatic N) is 5. The van der Waals surface area contributed by atoms with Crippen LogP contribution in [-0.2, 0) is 10.2 Å². The number of carbonyl (C=O) groups excluding carboxylic acids is 1. The number of pyridine rings is 1. The molecule has 4 heterocycles. The average molecular weight is 653 g/mol. The van der Waals surface area contributed by atoms with Crippen LogP contribution in [0.4, 0.5) is 5.82 Å². The van der Waals surface area contributed by atoms with Gasteiger partial charge in [0.2, 0.25) is 0 Å². The van der Waals surface area contributed by atoms with E-state index in [0.29, 0.717) is 41.3 Å². The third-order valence-corrected chi connectivity index (χ3v) is 9.39. The van der Waals surface area contributed by atoms with Crippen LogP contribution < -0.4 is 14.8 Å². The van der Waals surface area contributed by atoms with E-state index in [1.165, 1.54) is 0 Å². The summed E-state index contributed by atoms with van der Waals surface area (Å²) in [5, 5.41) is 5.70. The molecule has 1 amide bonds. The van der Waals surface area contributed by atoms with Gasteiger partial charge in [-0.05, 0) is 63.4 Å². The Balaban J connectivity index is 1.17. The van der Waals surface area contributed by atoms with Crippen LogP contribution in [0.5, 0.6) is 0 Å². The van der Waals surface area contributed by atoms with Crippen molar-refractivity contribution in [2.75, 3.05) is 37.6 Å². The number of benzene rings is 1. The van der Waals surface area contributed by atoms with Gasteiger partial charge in [0.25, 0.3) is 16.1 Å². The summed E-state index contributed by atoms with van der Waals surface area (Å²) in [6.45, 7) is 9.53. The minimum Gasteiger partial charge on any atom is -0.353 e. The number of likely N-dealkylation sites (tertiary alicyclic amines) is 1. The largest absolute Gasteiger partial charge is 0.353 e. The van der Waals surface area contributed by atoms with E-state index in [-0.39, 0.29) is 5.91 Å². The molecule has 13 heteroatoms. The lowest BCUT2D eigenvalue weighted by atomic mass is 9.96. The van der Waals surface area contributed by atoms with E-state index in [4.69, 9.17) is 21.7 Å². The Labute approximate surface area is 270 Å². The van der Waals surface area contributed by atoms with Crippen LogP contribution in [0.1, 0.15) is 62.4 Å². The first kappa shape index (κ1) is 32.9. The van der Waals surface area contributed by atoms with E-state index in [1.807, 2.05) is 17.2 Å². The first-order valence-electron chi connectivity index (χ1n) is 15.3. The molecule has 0 spiro atoms. The normalized spacial score (nSPS) is 18.5. The number of amides is 1. The highest BCUT2D eigenvalue weighted by Crippen LogP contribution is 2.31. The highest BCUT2D eigenvalue weighted by atomic mass is 35.5. The van der Waals surface area contributed by atoms with Gasteiger partial charge in [-0.15, -0.1) is 0 Å². The van der Waals surface area contributed by atoms with E-state index >= 15 is 0 Å². The fraction of sp³-hybridized carbons (Fsp3) is 0.469. The summed E-state index contributed by atoms with van der Waals surface area (Å²) in [5.74, 6) is 7.40. The Morgan fingerprint density at radius 1 is 1.16 bits per heavy atom. The second kappa shape index (κ2) is 13.9. The number of rotatable bonds is 8. The van der Waals surface area contributed by atoms with Crippen molar-refractivity contribution in [3.8, 4) is 23.2 Å². The number of nitrogens with two attached hydrogens (primary N) is 1. The van der Waals surface area contributed by atoms with Crippen LogP contribution >= 0.6 is 11.6 Å². The number of imidazole rings is 1. The number of aromatic nitrogens is 3. The Morgan fingerprint density at radius 2 is 1.89 bits per heavy atom. The zero-order valence-electron chi connectivity index (χ0n) is 26.0. The quantitative estimate of drug-likeness (QED) is 0.316. The lowest BCUT2D eigenvalue weighted by molar-refractivity contribution is 0.0481. The van der Waals surface area contributed by atoms with Crippen molar-refractivity contribution in [3.63, 3.8) is 0 Å². The average Bonchev–Trinajstić information content (AvgIpc) is 3.55. The van der Waals surface area contributed by atoms with E-state index in [1.54, 1.807) is 50.5 Å². The highest BCUT2D eigenvalue weighted by molar-refractivity contribution is 7.87. The first-order chi connectivity index (χ1) is 21.4. The van der Waals surface area contributed by atoms with E-state index in [9.17, 15) is 13.2 Å². The maximum Gasteiger partial charge on any atom is 0.275 e. The van der Waals surface area contributed by atoms with Gasteiger partial charge in [-0.2, -0.15) is 13.1 Å². The zero-order valence-corrected chi connectivity index (χ0v) is 27.5. The van der Waals surface area contributed by atoms with Crippen molar-refractivity contribution in [1.29, 1.82) is 0 Å². The Bertz CT molecular complexity index is 1640. The molecule has 2 aromatic heterocycles. The number of anilines is 1. The van der Waals surface area contributed by atoms with Gasteiger partial charge in [0.05, 0.1) is 10.6 Å². The number of hydrogen-bond acceptors (Lipinski definition) is 7. The van der Waals surface area contributed by atoms with Crippen molar-refractivity contribution in [2.24, 2.45) is 5.14 Å². The van der Waals surface area contributed by atoms with Crippen LogP contribution in [0, 0.1) is 11.8 Å². The monoisotopic (exact) mass is 652 g/mol. The summed E-state index contributed by atoms with van der Waals surface area (Å²) in [6, 6.07) is 9.83. The second-order valence-electron chi connectivity index (χ2n) is 12.2. The van der Waals surface area contributed by atoms with Crippen LogP contribution in [0.25, 0.3) is 11.4 Å². The molecule has 2 aliphatic heterocycles. The van der Waals surface area contributed by atoms with Gasteiger partial charge in [-0.1, -0.05) is 36.8 Å². The zero-order chi connectivity index (χ0) is 32.2. The van der Waals surface area contributed by atoms with Crippen molar-refractivity contribution >= 4 is 33.5 Å². The third-order valence-electron chi connectivity index (χ3n) is 8.31. The first-order valence-corrected chi connectivity index (χ1v) is 17.2. The molecule has 2 aliphatic rings. The summed E-state index contributed by atoms with van der Waals surface area (Å²) in [4.78, 5) is 32.3. The number of nitrogens with one attached hydrogen (secondary N) is 2. The number of piperidine rings is 1. The molecule has 3 aromatic rings. The van der Waals surface area contributed by atoms with Gasteiger partial charge < -0.3 is 14.8 Å². The molecule has 240 valence electrons. The minimum absolute atomic E-state index is 0.0119. The van der Waals surface area contributed by atoms with Gasteiger partial charge >= 0.3 is 0 Å². The molecule has 11 nitrogen and oxygen atoms in total. The van der Waals surface area contributed by atoms with Crippen LogP contribution in [0.3, 0.4) is 0 Å². The summed E-state index contributed by atoms with van der Waals surface area (Å²) < 4.78 is 25.0. The van der Waals surface area contributed by atoms with Crippen molar-refractivity contribution in [3.05, 3.63) is 65.1 Å². The third kappa shape index (κ3) is 8.42. The Kier molecular flexibility index (Phi) is 10.2. The molecule has 0 aliphatic carbocycles. The number of aromatic amines is 1. The summed E-state index contributed by atoms with van der Waals surface area (Å²) in [6.07, 6.45) is 9.35. The van der Waals surface area contributed by atoms with Crippen molar-refractivity contribution in [2.45, 2.75) is 64.1 Å². The topological polar surface area (TPSA) is 141 Å². The molecule has 0 radical (unpaired) electrons. The fourth-order valence-electron chi connectivity index (χ4n) is 6.24. The number of H-pyrrole nitrogens is 1. The lowest BCUT2D eigenvalue weighted by Crippen LogP contribution is -2.59. The molecule has 0 bridgehead atoms. The smallest absolute Gasteiger partial charge is 0.275 e. The van der Waals surface area contributed by atoms with E-state index in [0.717, 1.165) is 62.5 Å². The summed E-state index contributed by atoms with van der Waals surface area (Å²) in [5.41, 5.74) is 1.13. The molecule has 2 saturated heterocycles. The van der Waals surface area contributed by atoms with Gasteiger partial charge in [0.1, 0.15) is 11.6 Å². The SMILES string of the molecule is CCC[C@H]1CN(c2ncc(-c3ncc[nH]3)cc2Cl)CCN1C1CCN(C(=O)c2ccc(C#CC(C)(C)NS(N)(=O)=O)cc2)CC1. The molecule has 1 aromatic carbocycles. The van der Waals surface area contributed by atoms with Gasteiger partial charge in [-0.3, -0.25) is 9.69 Å². The van der Waals surface area contributed by atoms with E-state index in [2.05, 4.69) is 43.3 Å². The molecular formula is C32H41ClN8O3S. The number of hydrogen-bond donors (Lipinski definition) is 3. The predicted octanol–water partition coefficient (Wildman–Crippen LogP) is 3.64. The summed E-state index contributed by atoms with van der Waals surface area (Å²) in [7, 11) is -3.88. The van der Waals surface area contributed by atoms with Crippen molar-refractivity contribution in [1.82, 2.24) is 29.5 Å². The number of halogens is 1. The predicted molar refractivity (Wildman–Crippen MR) is 177 cm³/mol. The Morgan fingerprint density at radius 3 is 2.51 bits per heavy atom. The molecular weight excluding hydrogens is 612 g/mol. The van der Waals surface area contributed by atoms with Crippen LogP contribution in [0.15, 0.2) is 48.9 Å². The van der Waals surface area contributed by atoms with Gasteiger partial charge in [-0.25, -0.2) is 15.1 Å². The highest BCUT2D eigenvalue weighted by Gasteiger charge is 2.35. The standard InChI is InChI=1S/C32H41ClN8O3S/c1-4-5-27-22-40(30-28(33)20-25(21-37-30)29-35-14-15-36-29)18-19-41(27)26-11-16-39(17-12-26)31(42)24-8-6-23(7-9-24)10-13-32(2,3)38-45(34,43)44/h6-9,14-15,20-21,26-27,38H,4-5,11-12,16-19,22H2,1-3H3,(H,35,36)(H2,34,43,44)/t27-/m0/s1. The molecule has 5 rings (SSSR count). The molecule has 2 fully saturated rings. The number of piperazine rings is 1. The van der Waals surface area contributed by atoms with E-state index < -0.39 is 15.7 Å². The number of carbonyl (C=O) groups is 1. The minimum atomic E-state index is -3.88. The maximum absolute atomic E-state index is 13.3. The summed E-state index contributed by atoms with van der Waals surface area (Å²) >= 11 is 6.72. The second-order valence-corrected chi connectivity index (χ2v) is 13.9. The maximum atomic E-state index is 13.3. The van der Waals surface area contributed by atoms with Crippen molar-refractivity contribution < 1.29 is 13.2 Å². The van der Waals surface area contributed by atoms with Gasteiger partial charge in [0, 0.05) is 80.1 Å².